The summed E-state index contributed by atoms with van der Waals surface area (Å²) >= 11 is 11.9. The maximum atomic E-state index is 13.1. The van der Waals surface area contributed by atoms with Crippen molar-refractivity contribution in [3.63, 3.8) is 0 Å². The minimum absolute atomic E-state index is 0.0210. The predicted octanol–water partition coefficient (Wildman–Crippen LogP) is 4.58. The first kappa shape index (κ1) is 31.2. The Morgan fingerprint density at radius 3 is 2.54 bits per heavy atom. The molecular weight excluding hydrogens is 561 g/mol. The van der Waals surface area contributed by atoms with Gasteiger partial charge in [-0.1, -0.05) is 41.4 Å². The van der Waals surface area contributed by atoms with Crippen LogP contribution in [0.15, 0.2) is 53.4 Å². The van der Waals surface area contributed by atoms with Crippen LogP contribution < -0.4 is 15.4 Å². The lowest BCUT2D eigenvalue weighted by Crippen LogP contribution is -2.55. The Morgan fingerprint density at radius 1 is 1.10 bits per heavy atom. The molecule has 0 aromatic heterocycles. The van der Waals surface area contributed by atoms with E-state index in [1.54, 1.807) is 0 Å². The quantitative estimate of drug-likeness (QED) is 0.310. The van der Waals surface area contributed by atoms with Gasteiger partial charge in [0, 0.05) is 42.4 Å². The molecule has 1 saturated heterocycles. The molecule has 3 N–H and O–H groups in total. The van der Waals surface area contributed by atoms with Crippen LogP contribution in [0, 0.1) is 0 Å². The van der Waals surface area contributed by atoms with Crippen molar-refractivity contribution in [2.24, 2.45) is 0 Å². The van der Waals surface area contributed by atoms with E-state index in [4.69, 9.17) is 23.2 Å². The lowest BCUT2D eigenvalue weighted by Gasteiger charge is -2.39. The van der Waals surface area contributed by atoms with Gasteiger partial charge in [0.1, 0.15) is 4.90 Å². The first-order valence-corrected chi connectivity index (χ1v) is 15.4. The van der Waals surface area contributed by atoms with Crippen LogP contribution in [0.3, 0.4) is 0 Å². The zero-order valence-corrected chi connectivity index (χ0v) is 24.7. The lowest BCUT2D eigenvalue weighted by molar-refractivity contribution is -0.117. The summed E-state index contributed by atoms with van der Waals surface area (Å²) in [7, 11) is -3.78. The molecule has 9 nitrogen and oxygen atoms in total. The van der Waals surface area contributed by atoms with E-state index in [1.807, 2.05) is 49.1 Å². The Morgan fingerprint density at radius 2 is 1.85 bits per heavy atom. The number of nitrogens with zero attached hydrogens (tertiary/aromatic N) is 2. The molecule has 1 fully saturated rings. The van der Waals surface area contributed by atoms with Gasteiger partial charge in [0.2, 0.25) is 15.9 Å². The van der Waals surface area contributed by atoms with Gasteiger partial charge >= 0.3 is 6.03 Å². The Balaban J connectivity index is 1.54. The Hall–Kier alpha value is -2.37. The van der Waals surface area contributed by atoms with Gasteiger partial charge in [0.05, 0.1) is 11.6 Å². The smallest absolute Gasteiger partial charge is 0.317 e. The number of carbonyl (C=O) groups is 2. The molecule has 0 unspecified atom stereocenters. The topological polar surface area (TPSA) is 111 Å². The van der Waals surface area contributed by atoms with Gasteiger partial charge in [0.25, 0.3) is 0 Å². The van der Waals surface area contributed by atoms with Gasteiger partial charge < -0.3 is 15.5 Å². The maximum Gasteiger partial charge on any atom is 0.317 e. The monoisotopic (exact) mass is 597 g/mol. The normalized spacial score (nSPS) is 16.2. The second kappa shape index (κ2) is 14.9. The summed E-state index contributed by atoms with van der Waals surface area (Å²) in [5, 5.41) is 6.31. The van der Waals surface area contributed by atoms with Gasteiger partial charge in [-0.2, -0.15) is 0 Å². The fourth-order valence-corrected chi connectivity index (χ4v) is 6.36. The average molecular weight is 599 g/mol. The van der Waals surface area contributed by atoms with E-state index in [2.05, 4.69) is 20.3 Å². The number of piperidine rings is 1. The van der Waals surface area contributed by atoms with E-state index in [0.29, 0.717) is 31.0 Å². The van der Waals surface area contributed by atoms with Crippen LogP contribution in [0.4, 0.5) is 10.5 Å². The minimum atomic E-state index is -3.78. The van der Waals surface area contributed by atoms with Gasteiger partial charge in [-0.25, -0.2) is 17.9 Å². The number of benzene rings is 2. The largest absolute Gasteiger partial charge is 0.336 e. The third-order valence-electron chi connectivity index (χ3n) is 6.32. The zero-order chi connectivity index (χ0) is 28.4. The molecule has 3 rings (SSSR count). The number of hydrogen-bond donors (Lipinski definition) is 3. The summed E-state index contributed by atoms with van der Waals surface area (Å²) in [4.78, 5) is 29.5. The molecule has 214 valence electrons. The van der Waals surface area contributed by atoms with E-state index in [1.165, 1.54) is 18.2 Å². The van der Waals surface area contributed by atoms with Crippen molar-refractivity contribution < 1.29 is 18.0 Å². The van der Waals surface area contributed by atoms with E-state index in [0.717, 1.165) is 25.1 Å². The SMILES string of the molecule is CC(C)NC(=O)N(CCCCNS(=O)(=O)c1ccc(Cl)cc1Cl)[C@H]1CCCN(CC(=O)Nc2ccccc2)C1. The Kier molecular flexibility index (Phi) is 11.9. The van der Waals surface area contributed by atoms with Gasteiger partial charge in [0.15, 0.2) is 0 Å². The first-order chi connectivity index (χ1) is 18.5. The maximum absolute atomic E-state index is 13.1. The molecule has 0 spiro atoms. The zero-order valence-electron chi connectivity index (χ0n) is 22.3. The number of para-hydroxylation sites is 1. The number of urea groups is 1. The Bertz CT molecular complexity index is 1210. The molecule has 1 aliphatic heterocycles. The van der Waals surface area contributed by atoms with Crippen LogP contribution in [-0.4, -0.2) is 75.0 Å². The van der Waals surface area contributed by atoms with Crippen molar-refractivity contribution >= 4 is 50.9 Å². The van der Waals surface area contributed by atoms with Crippen LogP contribution in [0.25, 0.3) is 0 Å². The molecule has 39 heavy (non-hydrogen) atoms. The number of amides is 3. The van der Waals surface area contributed by atoms with Crippen LogP contribution in [0.2, 0.25) is 10.0 Å². The Labute approximate surface area is 241 Å². The number of nitrogens with one attached hydrogen (secondary N) is 3. The summed E-state index contributed by atoms with van der Waals surface area (Å²) in [6, 6.07) is 13.3. The average Bonchev–Trinajstić information content (AvgIpc) is 2.86. The fraction of sp³-hybridized carbons (Fsp3) is 0.481. The highest BCUT2D eigenvalue weighted by molar-refractivity contribution is 7.89. The number of carbonyl (C=O) groups excluding carboxylic acids is 2. The van der Waals surface area contributed by atoms with Crippen LogP contribution >= 0.6 is 23.2 Å². The summed E-state index contributed by atoms with van der Waals surface area (Å²) in [6.45, 7) is 6.12. The number of hydrogen-bond acceptors (Lipinski definition) is 5. The van der Waals surface area contributed by atoms with Crippen LogP contribution in [-0.2, 0) is 14.8 Å². The highest BCUT2D eigenvalue weighted by atomic mass is 35.5. The standard InChI is InChI=1S/C27H37Cl2N5O4S/c1-20(2)31-27(36)34(16-7-6-14-30-39(37,38)25-13-12-21(28)17-24(25)29)23-11-8-15-33(18-23)19-26(35)32-22-9-4-3-5-10-22/h3-5,9-10,12-13,17,20,23,30H,6-8,11,14-16,18-19H2,1-2H3,(H,31,36)(H,32,35)/t23-/m0/s1. The number of likely N-dealkylation sites (tertiary alicyclic amines) is 1. The third-order valence-corrected chi connectivity index (χ3v) is 8.50. The summed E-state index contributed by atoms with van der Waals surface area (Å²) in [6.07, 6.45) is 2.85. The highest BCUT2D eigenvalue weighted by Crippen LogP contribution is 2.25. The van der Waals surface area contributed by atoms with E-state index < -0.39 is 10.0 Å². The fourth-order valence-electron chi connectivity index (χ4n) is 4.52. The summed E-state index contributed by atoms with van der Waals surface area (Å²) in [5.41, 5.74) is 0.753. The van der Waals surface area contributed by atoms with E-state index in [9.17, 15) is 18.0 Å². The molecule has 3 amide bonds. The van der Waals surface area contributed by atoms with Crippen LogP contribution in [0.1, 0.15) is 39.5 Å². The second-order valence-electron chi connectivity index (χ2n) is 9.92. The van der Waals surface area contributed by atoms with Gasteiger partial charge in [-0.3, -0.25) is 9.69 Å². The molecule has 0 aliphatic carbocycles. The van der Waals surface area contributed by atoms with Gasteiger partial charge in [-0.15, -0.1) is 0 Å². The minimum Gasteiger partial charge on any atom is -0.336 e. The molecule has 1 atom stereocenters. The molecule has 0 bridgehead atoms. The summed E-state index contributed by atoms with van der Waals surface area (Å²) in [5.74, 6) is -0.0897. The van der Waals surface area contributed by atoms with Crippen molar-refractivity contribution in [1.82, 2.24) is 19.8 Å². The second-order valence-corrected chi connectivity index (χ2v) is 12.5. The number of rotatable bonds is 12. The van der Waals surface area contributed by atoms with Crippen LogP contribution in [0.5, 0.6) is 0 Å². The molecule has 2 aromatic carbocycles. The number of sulfonamides is 1. The molecule has 0 saturated carbocycles. The highest BCUT2D eigenvalue weighted by Gasteiger charge is 2.29. The number of anilines is 1. The van der Waals surface area contributed by atoms with E-state index >= 15 is 0 Å². The van der Waals surface area contributed by atoms with Gasteiger partial charge in [-0.05, 0) is 76.4 Å². The lowest BCUT2D eigenvalue weighted by atomic mass is 10.0. The van der Waals surface area contributed by atoms with E-state index in [-0.39, 0.29) is 47.0 Å². The third kappa shape index (κ3) is 9.95. The van der Waals surface area contributed by atoms with Crippen molar-refractivity contribution in [3.05, 3.63) is 58.6 Å². The number of unbranched alkanes of at least 4 members (excludes halogenated alkanes) is 1. The molecule has 0 radical (unpaired) electrons. The molecule has 1 heterocycles. The molecule has 1 aliphatic rings. The number of halogens is 2. The molecule has 12 heteroatoms. The van der Waals surface area contributed by atoms with Crippen molar-refractivity contribution in [1.29, 1.82) is 0 Å². The summed E-state index contributed by atoms with van der Waals surface area (Å²) < 4.78 is 27.8. The molecule has 2 aromatic rings. The predicted molar refractivity (Wildman–Crippen MR) is 156 cm³/mol. The van der Waals surface area contributed by atoms with Crippen molar-refractivity contribution in [2.75, 3.05) is 38.0 Å². The first-order valence-electron chi connectivity index (χ1n) is 13.1. The molecular formula is C27H37Cl2N5O4S. The van der Waals surface area contributed by atoms with Crippen molar-refractivity contribution in [2.45, 2.75) is 56.5 Å². The van der Waals surface area contributed by atoms with Crippen molar-refractivity contribution in [3.8, 4) is 0 Å².